The number of carbonyl (C=O) groups excluding carboxylic acids is 2. The Morgan fingerprint density at radius 1 is 1.33 bits per heavy atom. The van der Waals surface area contributed by atoms with Gasteiger partial charge in [0.15, 0.2) is 0 Å². The molecule has 0 aliphatic carbocycles. The third kappa shape index (κ3) is 2.55. The molecule has 118 valence electrons. The molecule has 1 unspecified atom stereocenters. The molecule has 3 fully saturated rings. The number of fused-ring (bicyclic) bond motifs is 1. The first-order valence-corrected chi connectivity index (χ1v) is 8.00. The zero-order chi connectivity index (χ0) is 15.1. The summed E-state index contributed by atoms with van der Waals surface area (Å²) in [6.45, 7) is 7.18. The Morgan fingerprint density at radius 2 is 2.10 bits per heavy atom. The summed E-state index contributed by atoms with van der Waals surface area (Å²) in [6, 6.07) is 0.282. The zero-order valence-corrected chi connectivity index (χ0v) is 12.8. The first-order valence-electron chi connectivity index (χ1n) is 8.00. The van der Waals surface area contributed by atoms with Gasteiger partial charge in [-0.25, -0.2) is 0 Å². The lowest BCUT2D eigenvalue weighted by Gasteiger charge is -2.44. The van der Waals surface area contributed by atoms with Gasteiger partial charge in [0.1, 0.15) is 0 Å². The van der Waals surface area contributed by atoms with E-state index in [2.05, 4.69) is 10.2 Å². The van der Waals surface area contributed by atoms with Gasteiger partial charge in [-0.05, 0) is 26.3 Å². The first kappa shape index (κ1) is 14.8. The van der Waals surface area contributed by atoms with Crippen molar-refractivity contribution in [3.8, 4) is 0 Å². The smallest absolute Gasteiger partial charge is 0.228 e. The highest BCUT2D eigenvalue weighted by Gasteiger charge is 2.48. The van der Waals surface area contributed by atoms with Gasteiger partial charge in [-0.3, -0.25) is 14.5 Å². The number of rotatable bonds is 3. The summed E-state index contributed by atoms with van der Waals surface area (Å²) in [4.78, 5) is 28.6. The SMILES string of the molecule is C[C@@H](O)[C@H]1C(=O)N[C@@H]1[C@@H](C)C(=O)N1CCN2CCCC2C1. The Labute approximate surface area is 125 Å². The maximum atomic E-state index is 12.7. The van der Waals surface area contributed by atoms with Gasteiger partial charge >= 0.3 is 0 Å². The van der Waals surface area contributed by atoms with Crippen molar-refractivity contribution in [3.05, 3.63) is 0 Å². The molecule has 0 aromatic carbocycles. The Balaban J connectivity index is 1.61. The van der Waals surface area contributed by atoms with Gasteiger partial charge in [-0.1, -0.05) is 6.92 Å². The molecule has 3 rings (SSSR count). The van der Waals surface area contributed by atoms with Crippen molar-refractivity contribution in [1.82, 2.24) is 15.1 Å². The molecule has 0 aromatic heterocycles. The number of piperazine rings is 1. The first-order chi connectivity index (χ1) is 9.99. The molecular formula is C15H25N3O3. The van der Waals surface area contributed by atoms with Gasteiger partial charge in [0, 0.05) is 25.7 Å². The predicted octanol–water partition coefficient (Wildman–Crippen LogP) is -0.575. The highest BCUT2D eigenvalue weighted by molar-refractivity contribution is 5.90. The third-order valence-electron chi connectivity index (χ3n) is 5.35. The number of hydrogen-bond donors (Lipinski definition) is 2. The zero-order valence-electron chi connectivity index (χ0n) is 12.8. The minimum Gasteiger partial charge on any atom is -0.393 e. The van der Waals surface area contributed by atoms with Crippen molar-refractivity contribution in [3.63, 3.8) is 0 Å². The van der Waals surface area contributed by atoms with E-state index in [4.69, 9.17) is 0 Å². The lowest BCUT2D eigenvalue weighted by molar-refractivity contribution is -0.149. The van der Waals surface area contributed by atoms with Crippen LogP contribution >= 0.6 is 0 Å². The van der Waals surface area contributed by atoms with Gasteiger partial charge in [-0.15, -0.1) is 0 Å². The third-order valence-corrected chi connectivity index (χ3v) is 5.35. The average molecular weight is 295 g/mol. The van der Waals surface area contributed by atoms with Crippen LogP contribution < -0.4 is 5.32 Å². The molecule has 3 aliphatic rings. The molecular weight excluding hydrogens is 270 g/mol. The molecule has 3 heterocycles. The van der Waals surface area contributed by atoms with E-state index in [-0.39, 0.29) is 23.8 Å². The van der Waals surface area contributed by atoms with Crippen LogP contribution in [0.4, 0.5) is 0 Å². The molecule has 6 heteroatoms. The molecule has 0 aromatic rings. The lowest BCUT2D eigenvalue weighted by atomic mass is 9.78. The van der Waals surface area contributed by atoms with Crippen molar-refractivity contribution >= 4 is 11.8 Å². The summed E-state index contributed by atoms with van der Waals surface area (Å²) < 4.78 is 0. The number of nitrogens with one attached hydrogen (secondary N) is 1. The summed E-state index contributed by atoms with van der Waals surface area (Å²) in [6.07, 6.45) is 1.70. The summed E-state index contributed by atoms with van der Waals surface area (Å²) in [5.74, 6) is -0.751. The molecule has 3 saturated heterocycles. The normalized spacial score (nSPS) is 35.7. The molecule has 21 heavy (non-hydrogen) atoms. The monoisotopic (exact) mass is 295 g/mol. The number of aliphatic hydroxyl groups is 1. The highest BCUT2D eigenvalue weighted by atomic mass is 16.3. The van der Waals surface area contributed by atoms with E-state index in [9.17, 15) is 14.7 Å². The van der Waals surface area contributed by atoms with Gasteiger partial charge in [0.2, 0.25) is 11.8 Å². The van der Waals surface area contributed by atoms with E-state index < -0.39 is 12.0 Å². The molecule has 0 bridgehead atoms. The van der Waals surface area contributed by atoms with Crippen LogP contribution in [0.15, 0.2) is 0 Å². The quantitative estimate of drug-likeness (QED) is 0.684. The molecule has 0 saturated carbocycles. The van der Waals surface area contributed by atoms with Crippen LogP contribution in [0, 0.1) is 11.8 Å². The lowest BCUT2D eigenvalue weighted by Crippen LogP contribution is -2.67. The second-order valence-electron chi connectivity index (χ2n) is 6.71. The molecule has 6 nitrogen and oxygen atoms in total. The number of hydrogen-bond acceptors (Lipinski definition) is 4. The summed E-state index contributed by atoms with van der Waals surface area (Å²) in [5.41, 5.74) is 0. The van der Waals surface area contributed by atoms with E-state index in [1.165, 1.54) is 12.8 Å². The van der Waals surface area contributed by atoms with E-state index in [1.54, 1.807) is 6.92 Å². The molecule has 0 radical (unpaired) electrons. The van der Waals surface area contributed by atoms with Crippen molar-refractivity contribution in [2.24, 2.45) is 11.8 Å². The fraction of sp³-hybridized carbons (Fsp3) is 0.867. The topological polar surface area (TPSA) is 72.9 Å². The van der Waals surface area contributed by atoms with E-state index >= 15 is 0 Å². The number of aliphatic hydroxyl groups excluding tert-OH is 1. The second-order valence-corrected chi connectivity index (χ2v) is 6.71. The van der Waals surface area contributed by atoms with Crippen molar-refractivity contribution in [1.29, 1.82) is 0 Å². The van der Waals surface area contributed by atoms with Crippen LogP contribution in [0.3, 0.4) is 0 Å². The van der Waals surface area contributed by atoms with Crippen molar-refractivity contribution in [2.45, 2.75) is 44.9 Å². The fourth-order valence-corrected chi connectivity index (χ4v) is 4.01. The van der Waals surface area contributed by atoms with E-state index in [0.29, 0.717) is 6.04 Å². The summed E-state index contributed by atoms with van der Waals surface area (Å²) in [7, 11) is 0. The summed E-state index contributed by atoms with van der Waals surface area (Å²) in [5, 5.41) is 12.5. The highest BCUT2D eigenvalue weighted by Crippen LogP contribution is 2.28. The van der Waals surface area contributed by atoms with E-state index in [1.807, 2.05) is 11.8 Å². The Bertz CT molecular complexity index is 440. The van der Waals surface area contributed by atoms with Crippen LogP contribution in [-0.2, 0) is 9.59 Å². The minimum absolute atomic E-state index is 0.109. The van der Waals surface area contributed by atoms with Crippen LogP contribution in [0.5, 0.6) is 0 Å². The van der Waals surface area contributed by atoms with E-state index in [0.717, 1.165) is 26.2 Å². The van der Waals surface area contributed by atoms with Gasteiger partial charge in [0.25, 0.3) is 0 Å². The Morgan fingerprint density at radius 3 is 2.76 bits per heavy atom. The Kier molecular flexibility index (Phi) is 3.92. The second kappa shape index (κ2) is 5.57. The van der Waals surface area contributed by atoms with Gasteiger partial charge in [0.05, 0.1) is 24.0 Å². The molecule has 2 amide bonds. The maximum Gasteiger partial charge on any atom is 0.228 e. The molecule has 2 N–H and O–H groups in total. The number of nitrogens with zero attached hydrogens (tertiary/aromatic N) is 2. The van der Waals surface area contributed by atoms with Crippen LogP contribution in [0.1, 0.15) is 26.7 Å². The van der Waals surface area contributed by atoms with Crippen molar-refractivity contribution in [2.75, 3.05) is 26.2 Å². The van der Waals surface area contributed by atoms with Crippen LogP contribution in [0.25, 0.3) is 0 Å². The van der Waals surface area contributed by atoms with Gasteiger partial charge in [-0.2, -0.15) is 0 Å². The number of β-lactam (4-membered cyclic amide) rings is 1. The van der Waals surface area contributed by atoms with Crippen LogP contribution in [-0.4, -0.2) is 71.1 Å². The Hall–Kier alpha value is -1.14. The minimum atomic E-state index is -0.703. The molecule has 0 spiro atoms. The fourth-order valence-electron chi connectivity index (χ4n) is 4.01. The number of amides is 2. The standard InChI is InChI=1S/C15H25N3O3/c1-9(13-12(10(2)19)14(20)16-13)15(21)18-7-6-17-5-3-4-11(17)8-18/h9-13,19H,3-8H2,1-2H3,(H,16,20)/t9-,10-,11?,12-,13-/m1/s1. The van der Waals surface area contributed by atoms with Gasteiger partial charge < -0.3 is 15.3 Å². The number of carbonyl (C=O) groups is 2. The largest absolute Gasteiger partial charge is 0.393 e. The summed E-state index contributed by atoms with van der Waals surface area (Å²) >= 11 is 0. The predicted molar refractivity (Wildman–Crippen MR) is 77.4 cm³/mol. The van der Waals surface area contributed by atoms with Crippen LogP contribution in [0.2, 0.25) is 0 Å². The molecule has 3 aliphatic heterocycles. The molecule has 5 atom stereocenters. The average Bonchev–Trinajstić information content (AvgIpc) is 2.89. The maximum absolute atomic E-state index is 12.7. The van der Waals surface area contributed by atoms with Crippen molar-refractivity contribution < 1.29 is 14.7 Å².